The number of methoxy groups -OCH3 is 1. The van der Waals surface area contributed by atoms with Crippen LogP contribution in [0, 0.1) is 23.3 Å². The van der Waals surface area contributed by atoms with Crippen LogP contribution >= 0.6 is 22.9 Å². The van der Waals surface area contributed by atoms with E-state index in [0.717, 1.165) is 38.7 Å². The fourth-order valence-electron chi connectivity index (χ4n) is 4.68. The molecular formula is C29H16ClF4N3O3S. The highest BCUT2D eigenvalue weighted by molar-refractivity contribution is 7.22. The van der Waals surface area contributed by atoms with Crippen molar-refractivity contribution < 1.29 is 22.3 Å². The lowest BCUT2D eigenvalue weighted by Crippen LogP contribution is -2.38. The predicted molar refractivity (Wildman–Crippen MR) is 149 cm³/mol. The van der Waals surface area contributed by atoms with Crippen LogP contribution in [0.5, 0.6) is 5.75 Å². The van der Waals surface area contributed by atoms with Crippen LogP contribution in [-0.4, -0.2) is 21.2 Å². The highest BCUT2D eigenvalue weighted by atomic mass is 35.5. The van der Waals surface area contributed by atoms with Gasteiger partial charge in [0.15, 0.2) is 29.0 Å². The van der Waals surface area contributed by atoms with E-state index in [1.807, 2.05) is 0 Å². The number of thiophene rings is 1. The fourth-order valence-corrected chi connectivity index (χ4v) is 6.11. The molecule has 206 valence electrons. The van der Waals surface area contributed by atoms with Gasteiger partial charge in [-0.25, -0.2) is 26.9 Å². The van der Waals surface area contributed by atoms with E-state index in [1.165, 1.54) is 25.4 Å². The normalized spacial score (nSPS) is 11.5. The lowest BCUT2D eigenvalue weighted by Gasteiger charge is -2.14. The van der Waals surface area contributed by atoms with Crippen molar-refractivity contribution in [3.05, 3.63) is 122 Å². The zero-order valence-electron chi connectivity index (χ0n) is 20.9. The van der Waals surface area contributed by atoms with E-state index in [2.05, 4.69) is 4.98 Å². The predicted octanol–water partition coefficient (Wildman–Crippen LogP) is 6.70. The van der Waals surface area contributed by atoms with Gasteiger partial charge in [0.25, 0.3) is 5.56 Å². The molecule has 0 bridgehead atoms. The van der Waals surface area contributed by atoms with Gasteiger partial charge < -0.3 is 4.74 Å². The number of aromatic nitrogens is 3. The lowest BCUT2D eigenvalue weighted by atomic mass is 10.1. The topological polar surface area (TPSA) is 66.1 Å². The van der Waals surface area contributed by atoms with Gasteiger partial charge in [-0.05, 0) is 35.9 Å². The molecule has 6 rings (SSSR count). The first kappa shape index (κ1) is 26.7. The summed E-state index contributed by atoms with van der Waals surface area (Å²) in [6.07, 6.45) is 2.95. The van der Waals surface area contributed by atoms with Gasteiger partial charge >= 0.3 is 5.69 Å². The second kappa shape index (κ2) is 10.2. The minimum Gasteiger partial charge on any atom is -0.494 e. The molecule has 0 saturated heterocycles. The summed E-state index contributed by atoms with van der Waals surface area (Å²) in [6.45, 7) is -0.404. The van der Waals surface area contributed by atoms with E-state index in [-0.39, 0.29) is 32.2 Å². The number of rotatable bonds is 5. The van der Waals surface area contributed by atoms with Crippen molar-refractivity contribution in [2.45, 2.75) is 6.54 Å². The first-order valence-electron chi connectivity index (χ1n) is 12.0. The van der Waals surface area contributed by atoms with Gasteiger partial charge in [0.1, 0.15) is 4.70 Å². The maximum atomic E-state index is 14.2. The zero-order valence-corrected chi connectivity index (χ0v) is 22.5. The van der Waals surface area contributed by atoms with E-state index < -0.39 is 41.1 Å². The largest absolute Gasteiger partial charge is 0.494 e. The van der Waals surface area contributed by atoms with Crippen LogP contribution in [0.25, 0.3) is 37.1 Å². The molecule has 41 heavy (non-hydrogen) atoms. The van der Waals surface area contributed by atoms with Gasteiger partial charge in [0, 0.05) is 27.4 Å². The van der Waals surface area contributed by atoms with Gasteiger partial charge in [-0.1, -0.05) is 35.9 Å². The van der Waals surface area contributed by atoms with Crippen LogP contribution in [0.15, 0.2) is 76.6 Å². The van der Waals surface area contributed by atoms with Crippen LogP contribution in [-0.2, 0) is 6.54 Å². The monoisotopic (exact) mass is 597 g/mol. The molecule has 6 aromatic rings. The second-order valence-electron chi connectivity index (χ2n) is 9.05. The molecule has 3 heterocycles. The Kier molecular flexibility index (Phi) is 6.63. The summed E-state index contributed by atoms with van der Waals surface area (Å²) in [7, 11) is 1.29. The quantitative estimate of drug-likeness (QED) is 0.164. The number of hydrogen-bond acceptors (Lipinski definition) is 5. The molecule has 0 fully saturated rings. The Morgan fingerprint density at radius 1 is 0.951 bits per heavy atom. The van der Waals surface area contributed by atoms with Gasteiger partial charge in [0.2, 0.25) is 0 Å². The third-order valence-corrected chi connectivity index (χ3v) is 8.06. The Morgan fingerprint density at radius 2 is 1.68 bits per heavy atom. The molecule has 0 spiro atoms. The molecule has 0 aliphatic rings. The Labute approximate surface area is 237 Å². The number of pyridine rings is 1. The second-order valence-corrected chi connectivity index (χ2v) is 10.5. The van der Waals surface area contributed by atoms with E-state index in [4.69, 9.17) is 16.3 Å². The van der Waals surface area contributed by atoms with Crippen LogP contribution < -0.4 is 16.0 Å². The van der Waals surface area contributed by atoms with Crippen molar-refractivity contribution in [3.8, 4) is 21.9 Å². The minimum atomic E-state index is -1.64. The molecule has 6 nitrogen and oxygen atoms in total. The first-order chi connectivity index (χ1) is 19.7. The molecule has 0 unspecified atom stereocenters. The molecule has 3 aromatic carbocycles. The van der Waals surface area contributed by atoms with Crippen molar-refractivity contribution in [3.63, 3.8) is 0 Å². The summed E-state index contributed by atoms with van der Waals surface area (Å²) in [5, 5.41) is 1.27. The number of halogens is 5. The summed E-state index contributed by atoms with van der Waals surface area (Å²) in [4.78, 5) is 32.5. The number of hydrogen-bond donors (Lipinski definition) is 0. The summed E-state index contributed by atoms with van der Waals surface area (Å²) < 4.78 is 63.4. The van der Waals surface area contributed by atoms with Gasteiger partial charge in [-0.3, -0.25) is 14.3 Å². The summed E-state index contributed by atoms with van der Waals surface area (Å²) >= 11 is 7.32. The van der Waals surface area contributed by atoms with Gasteiger partial charge in [0.05, 0.1) is 36.1 Å². The Bertz CT molecular complexity index is 2110. The number of ether oxygens (including phenoxy) is 1. The summed E-state index contributed by atoms with van der Waals surface area (Å²) in [5.41, 5.74) is -0.882. The summed E-state index contributed by atoms with van der Waals surface area (Å²) in [5.74, 6) is -5.27. The molecule has 0 atom stereocenters. The van der Waals surface area contributed by atoms with Crippen molar-refractivity contribution in [1.29, 1.82) is 0 Å². The molecular weight excluding hydrogens is 582 g/mol. The zero-order chi connectivity index (χ0) is 29.0. The molecule has 12 heteroatoms. The van der Waals surface area contributed by atoms with E-state index >= 15 is 0 Å². The molecule has 0 N–H and O–H groups in total. The van der Waals surface area contributed by atoms with E-state index in [9.17, 15) is 27.2 Å². The van der Waals surface area contributed by atoms with Crippen molar-refractivity contribution in [2.24, 2.45) is 0 Å². The number of fused-ring (bicyclic) bond motifs is 2. The van der Waals surface area contributed by atoms with Crippen molar-refractivity contribution in [1.82, 2.24) is 14.1 Å². The van der Waals surface area contributed by atoms with Crippen molar-refractivity contribution >= 4 is 43.9 Å². The molecule has 0 aliphatic carbocycles. The smallest absolute Gasteiger partial charge is 0.336 e. The minimum absolute atomic E-state index is 0.0324. The highest BCUT2D eigenvalue weighted by Crippen LogP contribution is 2.39. The van der Waals surface area contributed by atoms with Crippen LogP contribution in [0.1, 0.15) is 5.56 Å². The summed E-state index contributed by atoms with van der Waals surface area (Å²) in [6, 6.07) is 12.5. The first-order valence-corrected chi connectivity index (χ1v) is 13.2. The fraction of sp³-hybridized carbons (Fsp3) is 0.0690. The molecule has 0 radical (unpaired) electrons. The van der Waals surface area contributed by atoms with Crippen LogP contribution in [0.2, 0.25) is 5.02 Å². The third-order valence-electron chi connectivity index (χ3n) is 6.60. The van der Waals surface area contributed by atoms with Crippen LogP contribution in [0.3, 0.4) is 0 Å². The molecule has 0 amide bonds. The Hall–Kier alpha value is -4.48. The third kappa shape index (κ3) is 4.47. The van der Waals surface area contributed by atoms with Crippen molar-refractivity contribution in [2.75, 3.05) is 7.11 Å². The Balaban J connectivity index is 1.68. The lowest BCUT2D eigenvalue weighted by molar-refractivity contribution is 0.387. The molecule has 0 aliphatic heterocycles. The number of benzene rings is 3. The average Bonchev–Trinajstić information content (AvgIpc) is 3.40. The molecule has 3 aromatic heterocycles. The van der Waals surface area contributed by atoms with Gasteiger partial charge in [-0.2, -0.15) is 0 Å². The standard InChI is InChI=1S/C29H16ClF4N3O3S/c1-40-24-8-17(18(30)9-19(24)31)25-10-22-27(41-25)28(38)37(23-12-35-11-15-4-2-3-5-16(15)23)29(39)36(22)13-14-6-20(32)26(34)21(33)7-14/h2-12H,13H2,1H3. The number of nitrogens with zero attached hydrogens (tertiary/aromatic N) is 3. The van der Waals surface area contributed by atoms with E-state index in [1.54, 1.807) is 30.5 Å². The maximum Gasteiger partial charge on any atom is 0.336 e. The SMILES string of the molecule is COc1cc(-c2cc3c(s2)c(=O)n(-c2cncc4ccccc24)c(=O)n3Cc2cc(F)c(F)c(F)c2)c(Cl)cc1F. The van der Waals surface area contributed by atoms with E-state index in [0.29, 0.717) is 21.2 Å². The Morgan fingerprint density at radius 3 is 2.41 bits per heavy atom. The average molecular weight is 598 g/mol. The highest BCUT2D eigenvalue weighted by Gasteiger charge is 2.22. The van der Waals surface area contributed by atoms with Crippen LogP contribution in [0.4, 0.5) is 17.6 Å². The van der Waals surface area contributed by atoms with Gasteiger partial charge in [-0.15, -0.1) is 11.3 Å². The maximum absolute atomic E-state index is 14.2. The molecule has 0 saturated carbocycles.